The maximum atomic E-state index is 11.2. The normalized spacial score (nSPS) is 20.6. The van der Waals surface area contributed by atoms with Crippen LogP contribution in [0.2, 0.25) is 0 Å². The molecule has 1 unspecified atom stereocenters. The molecule has 1 aromatic rings. The van der Waals surface area contributed by atoms with E-state index < -0.39 is 9.84 Å². The fourth-order valence-corrected chi connectivity index (χ4v) is 3.47. The number of thiocarbonyl (C=S) groups is 1. The zero-order valence-corrected chi connectivity index (χ0v) is 12.5. The largest absolute Gasteiger partial charge is 0.355 e. The lowest BCUT2D eigenvalue weighted by Gasteiger charge is -2.14. The van der Waals surface area contributed by atoms with Crippen molar-refractivity contribution in [2.45, 2.75) is 6.04 Å². The second kappa shape index (κ2) is 5.38. The standard InChI is InChI=1S/C11H11BrN2O2S2/c12-8-2-1-3-9(6-8)13-11(17)14-10-4-5-18(15,16)7-10/h1-6,10H,7H2,(H2,13,14,17). The summed E-state index contributed by atoms with van der Waals surface area (Å²) in [6.07, 6.45) is 1.60. The monoisotopic (exact) mass is 346 g/mol. The Hall–Kier alpha value is -0.920. The van der Waals surface area contributed by atoms with Gasteiger partial charge in [-0.3, -0.25) is 0 Å². The van der Waals surface area contributed by atoms with Crippen LogP contribution >= 0.6 is 28.1 Å². The van der Waals surface area contributed by atoms with E-state index in [2.05, 4.69) is 26.6 Å². The Bertz CT molecular complexity index is 599. The van der Waals surface area contributed by atoms with E-state index in [0.717, 1.165) is 10.2 Å². The number of hydrogen-bond donors (Lipinski definition) is 2. The summed E-state index contributed by atoms with van der Waals surface area (Å²) in [4.78, 5) is 0. The Morgan fingerprint density at radius 2 is 2.22 bits per heavy atom. The minimum atomic E-state index is -3.06. The van der Waals surface area contributed by atoms with Crippen LogP contribution in [-0.2, 0) is 9.84 Å². The number of nitrogens with one attached hydrogen (secondary N) is 2. The van der Waals surface area contributed by atoms with Crippen LogP contribution in [-0.4, -0.2) is 25.3 Å². The minimum Gasteiger partial charge on any atom is -0.355 e. The molecule has 0 saturated heterocycles. The van der Waals surface area contributed by atoms with Gasteiger partial charge < -0.3 is 10.6 Å². The van der Waals surface area contributed by atoms with Crippen LogP contribution in [0, 0.1) is 0 Å². The third-order valence-corrected chi connectivity index (χ3v) is 4.44. The van der Waals surface area contributed by atoms with Gasteiger partial charge in [0.05, 0.1) is 11.8 Å². The lowest BCUT2D eigenvalue weighted by Crippen LogP contribution is -2.38. The van der Waals surface area contributed by atoms with Gasteiger partial charge in [0.25, 0.3) is 0 Å². The van der Waals surface area contributed by atoms with Crippen molar-refractivity contribution < 1.29 is 8.42 Å². The maximum absolute atomic E-state index is 11.2. The molecule has 0 bridgehead atoms. The van der Waals surface area contributed by atoms with Crippen molar-refractivity contribution >= 4 is 48.8 Å². The zero-order valence-electron chi connectivity index (χ0n) is 9.26. The van der Waals surface area contributed by atoms with Gasteiger partial charge in [-0.2, -0.15) is 0 Å². The summed E-state index contributed by atoms with van der Waals surface area (Å²) in [6, 6.07) is 7.29. The predicted molar refractivity (Wildman–Crippen MR) is 80.2 cm³/mol. The summed E-state index contributed by atoms with van der Waals surface area (Å²) in [7, 11) is -3.06. The molecule has 1 aliphatic heterocycles. The highest BCUT2D eigenvalue weighted by Crippen LogP contribution is 2.15. The van der Waals surface area contributed by atoms with Gasteiger partial charge in [-0.15, -0.1) is 0 Å². The molecule has 1 heterocycles. The second-order valence-corrected chi connectivity index (χ2v) is 7.13. The number of anilines is 1. The van der Waals surface area contributed by atoms with Crippen molar-refractivity contribution in [3.8, 4) is 0 Å². The lowest BCUT2D eigenvalue weighted by molar-refractivity contribution is 0.603. The van der Waals surface area contributed by atoms with Gasteiger partial charge in [0.15, 0.2) is 14.9 Å². The van der Waals surface area contributed by atoms with Crippen molar-refractivity contribution in [2.24, 2.45) is 0 Å². The van der Waals surface area contributed by atoms with Crippen molar-refractivity contribution in [3.05, 3.63) is 40.2 Å². The molecule has 0 aliphatic carbocycles. The van der Waals surface area contributed by atoms with E-state index in [9.17, 15) is 8.42 Å². The minimum absolute atomic E-state index is 0.0489. The number of benzene rings is 1. The number of hydrogen-bond acceptors (Lipinski definition) is 3. The molecule has 18 heavy (non-hydrogen) atoms. The van der Waals surface area contributed by atoms with E-state index in [4.69, 9.17) is 12.2 Å². The van der Waals surface area contributed by atoms with E-state index in [-0.39, 0.29) is 11.8 Å². The summed E-state index contributed by atoms with van der Waals surface area (Å²) >= 11 is 8.49. The van der Waals surface area contributed by atoms with Gasteiger partial charge in [0.1, 0.15) is 0 Å². The Morgan fingerprint density at radius 1 is 1.44 bits per heavy atom. The van der Waals surface area contributed by atoms with Crippen LogP contribution in [0.5, 0.6) is 0 Å². The molecule has 0 fully saturated rings. The van der Waals surface area contributed by atoms with Gasteiger partial charge in [-0.1, -0.05) is 22.0 Å². The first kappa shape index (κ1) is 13.5. The first-order chi connectivity index (χ1) is 8.44. The van der Waals surface area contributed by atoms with Gasteiger partial charge in [-0.05, 0) is 36.5 Å². The Kier molecular flexibility index (Phi) is 4.04. The molecule has 0 aromatic heterocycles. The average Bonchev–Trinajstić information content (AvgIpc) is 2.57. The summed E-state index contributed by atoms with van der Waals surface area (Å²) in [5.74, 6) is 0.0489. The molecule has 7 heteroatoms. The smallest absolute Gasteiger partial charge is 0.173 e. The highest BCUT2D eigenvalue weighted by atomic mass is 79.9. The molecule has 1 aromatic carbocycles. The Balaban J connectivity index is 1.92. The molecule has 0 saturated carbocycles. The molecular weight excluding hydrogens is 336 g/mol. The van der Waals surface area contributed by atoms with Crippen LogP contribution < -0.4 is 10.6 Å². The first-order valence-electron chi connectivity index (χ1n) is 5.19. The molecule has 0 spiro atoms. The third-order valence-electron chi connectivity index (χ3n) is 2.33. The van der Waals surface area contributed by atoms with E-state index in [1.807, 2.05) is 24.3 Å². The zero-order chi connectivity index (χ0) is 13.2. The number of sulfone groups is 1. The third kappa shape index (κ3) is 3.79. The average molecular weight is 347 g/mol. The van der Waals surface area contributed by atoms with E-state index >= 15 is 0 Å². The van der Waals surface area contributed by atoms with Crippen molar-refractivity contribution in [1.29, 1.82) is 0 Å². The van der Waals surface area contributed by atoms with Crippen molar-refractivity contribution in [2.75, 3.05) is 11.1 Å². The number of halogens is 1. The summed E-state index contributed by atoms with van der Waals surface area (Å²) in [5, 5.41) is 7.56. The molecule has 2 rings (SSSR count). The van der Waals surface area contributed by atoms with E-state index in [1.165, 1.54) is 5.41 Å². The fourth-order valence-electron chi connectivity index (χ4n) is 1.57. The van der Waals surface area contributed by atoms with E-state index in [0.29, 0.717) is 5.11 Å². The molecule has 0 amide bonds. The van der Waals surface area contributed by atoms with E-state index in [1.54, 1.807) is 6.08 Å². The first-order valence-corrected chi connectivity index (χ1v) is 8.10. The second-order valence-electron chi connectivity index (χ2n) is 3.87. The summed E-state index contributed by atoms with van der Waals surface area (Å²) in [5.41, 5.74) is 0.840. The Morgan fingerprint density at radius 3 is 2.83 bits per heavy atom. The Labute approximate surface area is 120 Å². The highest BCUT2D eigenvalue weighted by molar-refractivity contribution is 9.10. The van der Waals surface area contributed by atoms with Gasteiger partial charge in [0, 0.05) is 15.6 Å². The summed E-state index contributed by atoms with van der Waals surface area (Å²) < 4.78 is 23.4. The molecule has 0 radical (unpaired) electrons. The van der Waals surface area contributed by atoms with Crippen LogP contribution in [0.4, 0.5) is 5.69 Å². The number of rotatable bonds is 2. The van der Waals surface area contributed by atoms with Crippen LogP contribution in [0.3, 0.4) is 0 Å². The van der Waals surface area contributed by atoms with Crippen LogP contribution in [0.25, 0.3) is 0 Å². The summed E-state index contributed by atoms with van der Waals surface area (Å²) in [6.45, 7) is 0. The van der Waals surface area contributed by atoms with Crippen molar-refractivity contribution in [3.63, 3.8) is 0 Å². The molecule has 1 atom stereocenters. The molecule has 96 valence electrons. The fraction of sp³-hybridized carbons (Fsp3) is 0.182. The molecule has 1 aliphatic rings. The quantitative estimate of drug-likeness (QED) is 0.802. The topological polar surface area (TPSA) is 58.2 Å². The maximum Gasteiger partial charge on any atom is 0.173 e. The van der Waals surface area contributed by atoms with Gasteiger partial charge in [0.2, 0.25) is 0 Å². The van der Waals surface area contributed by atoms with Crippen LogP contribution in [0.15, 0.2) is 40.2 Å². The lowest BCUT2D eigenvalue weighted by atomic mass is 10.3. The van der Waals surface area contributed by atoms with Crippen molar-refractivity contribution in [1.82, 2.24) is 5.32 Å². The molecular formula is C11H11BrN2O2S2. The van der Waals surface area contributed by atoms with Gasteiger partial charge in [-0.25, -0.2) is 8.42 Å². The molecule has 4 nitrogen and oxygen atoms in total. The predicted octanol–water partition coefficient (Wildman–Crippen LogP) is 2.05. The van der Waals surface area contributed by atoms with Crippen LogP contribution in [0.1, 0.15) is 0 Å². The van der Waals surface area contributed by atoms with Gasteiger partial charge >= 0.3 is 0 Å². The highest BCUT2D eigenvalue weighted by Gasteiger charge is 2.21. The SMILES string of the molecule is O=S1(=O)C=CC(NC(=S)Nc2cccc(Br)c2)C1. The molecule has 2 N–H and O–H groups in total.